The molecule has 3 rings (SSSR count). The maximum absolute atomic E-state index is 12.0. The first-order chi connectivity index (χ1) is 10.5. The van der Waals surface area contributed by atoms with Crippen molar-refractivity contribution in [3.05, 3.63) is 45.8 Å². The van der Waals surface area contributed by atoms with E-state index < -0.39 is 0 Å². The molecule has 1 N–H and O–H groups in total. The number of carbonyl (C=O) groups excluding carboxylic acids is 2. The highest BCUT2D eigenvalue weighted by atomic mass is 79.9. The Kier molecular flexibility index (Phi) is 4.22. The molecule has 2 heterocycles. The largest absolute Gasteiger partial charge is 0.444 e. The molecular weight excluding hydrogens is 372 g/mol. The van der Waals surface area contributed by atoms with Gasteiger partial charge in [-0.1, -0.05) is 11.6 Å². The van der Waals surface area contributed by atoms with E-state index >= 15 is 0 Å². The Balaban J connectivity index is 1.77. The second-order valence-corrected chi connectivity index (χ2v) is 6.06. The smallest absolute Gasteiger partial charge is 0.291 e. The number of furan rings is 1. The topological polar surface area (TPSA) is 62.6 Å². The lowest BCUT2D eigenvalue weighted by molar-refractivity contribution is -0.117. The first kappa shape index (κ1) is 15.1. The van der Waals surface area contributed by atoms with Gasteiger partial charge < -0.3 is 14.6 Å². The molecule has 7 heteroatoms. The molecule has 1 fully saturated rings. The number of carbonyl (C=O) groups is 2. The normalized spacial score (nSPS) is 14.5. The number of hydrogen-bond donors (Lipinski definition) is 1. The maximum atomic E-state index is 12.0. The van der Waals surface area contributed by atoms with E-state index in [0.717, 1.165) is 6.42 Å². The fraction of sp³-hybridized carbons (Fsp3) is 0.200. The van der Waals surface area contributed by atoms with Crippen molar-refractivity contribution in [2.24, 2.45) is 0 Å². The predicted molar refractivity (Wildman–Crippen MR) is 87.4 cm³/mol. The zero-order chi connectivity index (χ0) is 15.7. The summed E-state index contributed by atoms with van der Waals surface area (Å²) in [7, 11) is 0. The Morgan fingerprint density at radius 3 is 2.73 bits per heavy atom. The van der Waals surface area contributed by atoms with Crippen LogP contribution in [-0.2, 0) is 4.79 Å². The number of nitrogens with one attached hydrogen (secondary N) is 1. The molecule has 0 saturated carbocycles. The van der Waals surface area contributed by atoms with Gasteiger partial charge in [-0.05, 0) is 52.7 Å². The van der Waals surface area contributed by atoms with Crippen LogP contribution in [0.15, 0.2) is 39.4 Å². The summed E-state index contributed by atoms with van der Waals surface area (Å²) >= 11 is 9.38. The molecule has 5 nitrogen and oxygen atoms in total. The van der Waals surface area contributed by atoms with E-state index in [4.69, 9.17) is 16.0 Å². The van der Waals surface area contributed by atoms with Gasteiger partial charge >= 0.3 is 0 Å². The molecule has 1 saturated heterocycles. The van der Waals surface area contributed by atoms with Crippen LogP contribution in [0, 0.1) is 0 Å². The van der Waals surface area contributed by atoms with Gasteiger partial charge in [0, 0.05) is 18.7 Å². The predicted octanol–water partition coefficient (Wildman–Crippen LogP) is 4.07. The van der Waals surface area contributed by atoms with Crippen molar-refractivity contribution < 1.29 is 14.0 Å². The molecule has 2 aromatic rings. The summed E-state index contributed by atoms with van der Waals surface area (Å²) in [5, 5.41) is 3.12. The van der Waals surface area contributed by atoms with Crippen molar-refractivity contribution >= 4 is 50.7 Å². The van der Waals surface area contributed by atoms with E-state index in [9.17, 15) is 9.59 Å². The van der Waals surface area contributed by atoms with Crippen LogP contribution in [0.2, 0.25) is 5.02 Å². The molecule has 0 spiro atoms. The van der Waals surface area contributed by atoms with Crippen LogP contribution in [0.4, 0.5) is 11.4 Å². The van der Waals surface area contributed by atoms with Crippen LogP contribution in [0.5, 0.6) is 0 Å². The van der Waals surface area contributed by atoms with E-state index in [1.54, 1.807) is 35.2 Å². The van der Waals surface area contributed by atoms with Crippen molar-refractivity contribution in [3.63, 3.8) is 0 Å². The molecule has 2 amide bonds. The van der Waals surface area contributed by atoms with Crippen LogP contribution >= 0.6 is 27.5 Å². The van der Waals surface area contributed by atoms with Crippen molar-refractivity contribution in [2.45, 2.75) is 12.8 Å². The number of anilines is 2. The lowest BCUT2D eigenvalue weighted by atomic mass is 10.2. The zero-order valence-corrected chi connectivity index (χ0v) is 13.8. The molecule has 1 aliphatic rings. The van der Waals surface area contributed by atoms with Gasteiger partial charge in [0.25, 0.3) is 5.91 Å². The highest BCUT2D eigenvalue weighted by molar-refractivity contribution is 9.10. The van der Waals surface area contributed by atoms with Crippen molar-refractivity contribution in [1.29, 1.82) is 0 Å². The Hall–Kier alpha value is -1.79. The van der Waals surface area contributed by atoms with Crippen molar-refractivity contribution in [2.75, 3.05) is 16.8 Å². The van der Waals surface area contributed by atoms with Crippen LogP contribution in [0.25, 0.3) is 0 Å². The summed E-state index contributed by atoms with van der Waals surface area (Å²) in [4.78, 5) is 25.4. The maximum Gasteiger partial charge on any atom is 0.291 e. The molecule has 0 aliphatic carbocycles. The van der Waals surface area contributed by atoms with Gasteiger partial charge in [-0.15, -0.1) is 0 Å². The molecular formula is C15H12BrClN2O3. The fourth-order valence-corrected chi connectivity index (χ4v) is 2.92. The average Bonchev–Trinajstić information content (AvgIpc) is 3.08. The summed E-state index contributed by atoms with van der Waals surface area (Å²) in [6, 6.07) is 8.28. The second kappa shape index (κ2) is 6.14. The Bertz CT molecular complexity index is 744. The van der Waals surface area contributed by atoms with Crippen LogP contribution in [-0.4, -0.2) is 18.4 Å². The standard InChI is InChI=1S/C15H12BrClN2O3/c16-13-6-5-12(22-13)15(21)18-9-3-4-11(10(17)8-9)19-7-1-2-14(19)20/h3-6,8H,1-2,7H2,(H,18,21). The van der Waals surface area contributed by atoms with Gasteiger partial charge in [-0.3, -0.25) is 9.59 Å². The molecule has 0 atom stereocenters. The second-order valence-electron chi connectivity index (χ2n) is 4.87. The molecule has 1 aromatic heterocycles. The van der Waals surface area contributed by atoms with E-state index in [2.05, 4.69) is 21.2 Å². The Morgan fingerprint density at radius 1 is 1.32 bits per heavy atom. The van der Waals surface area contributed by atoms with Crippen LogP contribution < -0.4 is 10.2 Å². The zero-order valence-electron chi connectivity index (χ0n) is 11.4. The summed E-state index contributed by atoms with van der Waals surface area (Å²) in [6.07, 6.45) is 1.38. The minimum Gasteiger partial charge on any atom is -0.444 e. The first-order valence-electron chi connectivity index (χ1n) is 6.71. The van der Waals surface area contributed by atoms with E-state index in [1.807, 2.05) is 0 Å². The number of halogens is 2. The highest BCUT2D eigenvalue weighted by Crippen LogP contribution is 2.31. The molecule has 1 aliphatic heterocycles. The van der Waals surface area contributed by atoms with E-state index in [-0.39, 0.29) is 17.6 Å². The third-order valence-corrected chi connectivity index (χ3v) is 4.10. The van der Waals surface area contributed by atoms with Gasteiger partial charge in [-0.2, -0.15) is 0 Å². The molecule has 0 radical (unpaired) electrons. The molecule has 0 unspecified atom stereocenters. The summed E-state index contributed by atoms with van der Waals surface area (Å²) in [6.45, 7) is 0.671. The molecule has 0 bridgehead atoms. The molecule has 114 valence electrons. The van der Waals surface area contributed by atoms with Crippen molar-refractivity contribution in [1.82, 2.24) is 0 Å². The van der Waals surface area contributed by atoms with Crippen molar-refractivity contribution in [3.8, 4) is 0 Å². The van der Waals surface area contributed by atoms with E-state index in [0.29, 0.717) is 34.0 Å². The van der Waals surface area contributed by atoms with Gasteiger partial charge in [0.05, 0.1) is 10.7 Å². The minimum atomic E-state index is -0.369. The highest BCUT2D eigenvalue weighted by Gasteiger charge is 2.23. The lowest BCUT2D eigenvalue weighted by Gasteiger charge is -2.18. The van der Waals surface area contributed by atoms with Gasteiger partial charge in [0.1, 0.15) is 0 Å². The van der Waals surface area contributed by atoms with E-state index in [1.165, 1.54) is 0 Å². The van der Waals surface area contributed by atoms with Crippen LogP contribution in [0.3, 0.4) is 0 Å². The third-order valence-electron chi connectivity index (χ3n) is 3.37. The molecule has 22 heavy (non-hydrogen) atoms. The Labute approximate surface area is 140 Å². The van der Waals surface area contributed by atoms with Gasteiger partial charge in [0.15, 0.2) is 10.4 Å². The lowest BCUT2D eigenvalue weighted by Crippen LogP contribution is -2.24. The number of nitrogens with zero attached hydrogens (tertiary/aromatic N) is 1. The summed E-state index contributed by atoms with van der Waals surface area (Å²) < 4.78 is 5.67. The molecule has 1 aromatic carbocycles. The number of hydrogen-bond acceptors (Lipinski definition) is 3. The van der Waals surface area contributed by atoms with Gasteiger partial charge in [0.2, 0.25) is 5.91 Å². The summed E-state index contributed by atoms with van der Waals surface area (Å²) in [5.41, 5.74) is 1.21. The SMILES string of the molecule is O=C(Nc1ccc(N2CCCC2=O)c(Cl)c1)c1ccc(Br)o1. The average molecular weight is 384 g/mol. The third kappa shape index (κ3) is 3.03. The number of amides is 2. The minimum absolute atomic E-state index is 0.0686. The quantitative estimate of drug-likeness (QED) is 0.869. The summed E-state index contributed by atoms with van der Waals surface area (Å²) in [5.74, 6) is -0.104. The first-order valence-corrected chi connectivity index (χ1v) is 7.88. The van der Waals surface area contributed by atoms with Gasteiger partial charge in [-0.25, -0.2) is 0 Å². The number of rotatable bonds is 3. The Morgan fingerprint density at radius 2 is 2.14 bits per heavy atom. The number of benzene rings is 1. The fourth-order valence-electron chi connectivity index (χ4n) is 2.34. The van der Waals surface area contributed by atoms with Crippen LogP contribution in [0.1, 0.15) is 23.4 Å². The monoisotopic (exact) mass is 382 g/mol.